The molecule has 0 saturated carbocycles. The fourth-order valence-corrected chi connectivity index (χ4v) is 4.05. The maximum absolute atomic E-state index is 10.4. The van der Waals surface area contributed by atoms with Crippen molar-refractivity contribution >= 4 is 24.2 Å². The molecule has 0 amide bonds. The van der Waals surface area contributed by atoms with E-state index in [0.717, 1.165) is 4.47 Å². The van der Waals surface area contributed by atoms with Gasteiger partial charge in [0, 0.05) is 17.1 Å². The van der Waals surface area contributed by atoms with E-state index in [1.807, 2.05) is 12.1 Å². The van der Waals surface area contributed by atoms with Crippen molar-refractivity contribution in [1.29, 1.82) is 0 Å². The van der Waals surface area contributed by atoms with Gasteiger partial charge in [-0.2, -0.15) is 0 Å². The van der Waals surface area contributed by atoms with Gasteiger partial charge in [0.25, 0.3) is 0 Å². The lowest BCUT2D eigenvalue weighted by Gasteiger charge is -2.43. The summed E-state index contributed by atoms with van der Waals surface area (Å²) in [6, 6.07) is 3.74. The van der Waals surface area contributed by atoms with E-state index in [9.17, 15) is 5.11 Å². The number of halogens is 1. The summed E-state index contributed by atoms with van der Waals surface area (Å²) in [7, 11) is -1.86. The first kappa shape index (κ1) is 18.8. The van der Waals surface area contributed by atoms with Crippen LogP contribution in [0.5, 0.6) is 0 Å². The average molecular weight is 374 g/mol. The lowest BCUT2D eigenvalue weighted by atomic mass is 9.99. The topological polar surface area (TPSA) is 42.4 Å². The molecule has 0 aliphatic carbocycles. The minimum absolute atomic E-state index is 0.158. The number of aliphatic hydroxyl groups is 1. The highest BCUT2D eigenvalue weighted by molar-refractivity contribution is 9.10. The van der Waals surface area contributed by atoms with Gasteiger partial charge in [0.15, 0.2) is 8.32 Å². The van der Waals surface area contributed by atoms with Gasteiger partial charge in [-0.1, -0.05) is 20.8 Å². The molecule has 1 heterocycles. The molecule has 0 aromatic carbocycles. The second-order valence-corrected chi connectivity index (χ2v) is 13.4. The highest BCUT2D eigenvalue weighted by atomic mass is 79.9. The quantitative estimate of drug-likeness (QED) is 0.732. The van der Waals surface area contributed by atoms with Crippen molar-refractivity contribution in [2.75, 3.05) is 0 Å². The van der Waals surface area contributed by atoms with Crippen molar-refractivity contribution in [3.05, 3.63) is 28.5 Å². The minimum Gasteiger partial charge on any atom is -0.412 e. The van der Waals surface area contributed by atoms with Gasteiger partial charge in [0.2, 0.25) is 0 Å². The van der Waals surface area contributed by atoms with Crippen LogP contribution in [-0.2, 0) is 4.43 Å². The van der Waals surface area contributed by atoms with E-state index in [4.69, 9.17) is 4.43 Å². The minimum atomic E-state index is -1.86. The summed E-state index contributed by atoms with van der Waals surface area (Å²) in [6.45, 7) is 15.2. The molecule has 120 valence electrons. The molecule has 0 bridgehead atoms. The third-order valence-corrected chi connectivity index (χ3v) is 9.26. The highest BCUT2D eigenvalue weighted by Gasteiger charge is 2.42. The number of pyridine rings is 1. The van der Waals surface area contributed by atoms with Crippen LogP contribution in [0.25, 0.3) is 0 Å². The third-order valence-electron chi connectivity index (χ3n) is 4.11. The predicted molar refractivity (Wildman–Crippen MR) is 93.9 cm³/mol. The van der Waals surface area contributed by atoms with Gasteiger partial charge in [-0.3, -0.25) is 4.98 Å². The normalized spacial score (nSPS) is 15.1. The zero-order valence-electron chi connectivity index (χ0n) is 14.2. The van der Waals surface area contributed by atoms with Gasteiger partial charge in [-0.25, -0.2) is 0 Å². The molecule has 0 saturated heterocycles. The van der Waals surface area contributed by atoms with Crippen molar-refractivity contribution in [3.8, 4) is 0 Å². The van der Waals surface area contributed by atoms with Crippen molar-refractivity contribution in [1.82, 2.24) is 4.98 Å². The van der Waals surface area contributed by atoms with E-state index in [1.165, 1.54) is 0 Å². The molecule has 0 aliphatic heterocycles. The van der Waals surface area contributed by atoms with E-state index >= 15 is 0 Å². The van der Waals surface area contributed by atoms with Crippen LogP contribution in [0.15, 0.2) is 22.8 Å². The number of rotatable bonds is 5. The Labute approximate surface area is 138 Å². The molecule has 0 radical (unpaired) electrons. The Morgan fingerprint density at radius 2 is 1.81 bits per heavy atom. The van der Waals surface area contributed by atoms with Crippen molar-refractivity contribution < 1.29 is 9.53 Å². The number of nitrogens with zero attached hydrogens (tertiary/aromatic N) is 1. The summed E-state index contributed by atoms with van der Waals surface area (Å²) in [5.41, 5.74) is 0.307. The fourth-order valence-electron chi connectivity index (χ4n) is 2.04. The number of aromatic nitrogens is 1. The molecular weight excluding hydrogens is 346 g/mol. The molecule has 1 atom stereocenters. The first-order valence-electron chi connectivity index (χ1n) is 7.34. The van der Waals surface area contributed by atoms with Gasteiger partial charge in [-0.05, 0) is 60.0 Å². The van der Waals surface area contributed by atoms with Crippen LogP contribution in [0.3, 0.4) is 0 Å². The van der Waals surface area contributed by atoms with Crippen LogP contribution >= 0.6 is 15.9 Å². The van der Waals surface area contributed by atoms with E-state index < -0.39 is 14.4 Å². The monoisotopic (exact) mass is 373 g/mol. The maximum atomic E-state index is 10.4. The number of hydrogen-bond donors (Lipinski definition) is 1. The van der Waals surface area contributed by atoms with E-state index in [0.29, 0.717) is 12.1 Å². The van der Waals surface area contributed by atoms with Crippen LogP contribution in [0.4, 0.5) is 0 Å². The van der Waals surface area contributed by atoms with Gasteiger partial charge in [0.1, 0.15) is 0 Å². The van der Waals surface area contributed by atoms with Crippen LogP contribution in [0, 0.1) is 0 Å². The first-order chi connectivity index (χ1) is 9.34. The fraction of sp³-hybridized carbons (Fsp3) is 0.688. The Bertz CT molecular complexity index is 466. The van der Waals surface area contributed by atoms with Crippen molar-refractivity contribution in [2.45, 2.75) is 70.9 Å². The summed E-state index contributed by atoms with van der Waals surface area (Å²) in [4.78, 5) is 4.27. The second kappa shape index (κ2) is 6.48. The lowest BCUT2D eigenvalue weighted by molar-refractivity contribution is 0.0257. The molecule has 1 N–H and O–H groups in total. The summed E-state index contributed by atoms with van der Waals surface area (Å²) < 4.78 is 7.36. The van der Waals surface area contributed by atoms with Crippen LogP contribution in [0.2, 0.25) is 18.1 Å². The lowest BCUT2D eigenvalue weighted by Crippen LogP contribution is -2.47. The van der Waals surface area contributed by atoms with E-state index in [-0.39, 0.29) is 10.6 Å². The maximum Gasteiger partial charge on any atom is 0.192 e. The molecule has 0 aliphatic rings. The first-order valence-corrected chi connectivity index (χ1v) is 11.0. The predicted octanol–water partition coefficient (Wildman–Crippen LogP) is 5.07. The smallest absolute Gasteiger partial charge is 0.192 e. The van der Waals surface area contributed by atoms with Gasteiger partial charge in [-0.15, -0.1) is 0 Å². The molecule has 1 aromatic heterocycles. The van der Waals surface area contributed by atoms with Gasteiger partial charge in [0.05, 0.1) is 17.4 Å². The molecule has 0 fully saturated rings. The van der Waals surface area contributed by atoms with Crippen LogP contribution < -0.4 is 0 Å². The Balaban J connectivity index is 2.78. The summed E-state index contributed by atoms with van der Waals surface area (Å²) >= 11 is 3.35. The molecule has 1 unspecified atom stereocenters. The van der Waals surface area contributed by atoms with E-state index in [2.05, 4.69) is 68.6 Å². The van der Waals surface area contributed by atoms with Crippen molar-refractivity contribution in [3.63, 3.8) is 0 Å². The second-order valence-electron chi connectivity index (χ2n) is 7.74. The Morgan fingerprint density at radius 3 is 2.24 bits per heavy atom. The Morgan fingerprint density at radius 1 is 1.24 bits per heavy atom. The molecule has 0 spiro atoms. The average Bonchev–Trinajstić information content (AvgIpc) is 2.25. The Hall–Kier alpha value is -0.233. The molecular formula is C16H28BrNO2Si. The molecule has 21 heavy (non-hydrogen) atoms. The number of hydrogen-bond acceptors (Lipinski definition) is 3. The molecule has 1 aromatic rings. The number of aliphatic hydroxyl groups excluding tert-OH is 1. The molecule has 1 rings (SSSR count). The van der Waals surface area contributed by atoms with Crippen LogP contribution in [-0.4, -0.2) is 24.0 Å². The molecule has 3 nitrogen and oxygen atoms in total. The summed E-state index contributed by atoms with van der Waals surface area (Å²) in [5, 5.41) is 10.6. The Kier molecular flexibility index (Phi) is 5.81. The summed E-state index contributed by atoms with van der Waals surface area (Å²) in [6.07, 6.45) is 1.63. The van der Waals surface area contributed by atoms with Crippen molar-refractivity contribution in [2.24, 2.45) is 0 Å². The highest BCUT2D eigenvalue weighted by Crippen LogP contribution is 2.40. The largest absolute Gasteiger partial charge is 0.412 e. The third kappa shape index (κ3) is 5.47. The summed E-state index contributed by atoms with van der Waals surface area (Å²) in [5.74, 6) is 0. The molecule has 5 heteroatoms. The van der Waals surface area contributed by atoms with Gasteiger partial charge < -0.3 is 9.53 Å². The van der Waals surface area contributed by atoms with E-state index in [1.54, 1.807) is 6.20 Å². The SMILES string of the molecule is CC(C)(CC(O)c1ccc(Br)cn1)O[Si](C)(C)C(C)(C)C. The zero-order valence-corrected chi connectivity index (χ0v) is 16.8. The van der Waals surface area contributed by atoms with Gasteiger partial charge >= 0.3 is 0 Å². The zero-order chi connectivity index (χ0) is 16.5. The van der Waals surface area contributed by atoms with Crippen LogP contribution in [0.1, 0.15) is 52.8 Å². The standard InChI is InChI=1S/C16H28BrNO2Si/c1-15(2,3)21(6,7)20-16(4,5)10-14(19)13-9-8-12(17)11-18-13/h8-9,11,14,19H,10H2,1-7H3.